The van der Waals surface area contributed by atoms with Gasteiger partial charge in [0.15, 0.2) is 17.3 Å². The average Bonchev–Trinajstić information content (AvgIpc) is 3.17. The minimum Gasteiger partial charge on any atom is -0.451 e. The molecule has 1 aliphatic carbocycles. The number of nitrogens with zero attached hydrogens (tertiary/aromatic N) is 3. The van der Waals surface area contributed by atoms with Gasteiger partial charge in [-0.25, -0.2) is 13.6 Å². The van der Waals surface area contributed by atoms with Crippen molar-refractivity contribution >= 4 is 12.1 Å². The summed E-state index contributed by atoms with van der Waals surface area (Å²) in [6.45, 7) is -0.143. The van der Waals surface area contributed by atoms with Crippen LogP contribution < -0.4 is 15.2 Å². The molecule has 3 aromatic carbocycles. The highest BCUT2D eigenvalue weighted by Crippen LogP contribution is 2.49. The van der Waals surface area contributed by atoms with Gasteiger partial charge < -0.3 is 23.8 Å². The van der Waals surface area contributed by atoms with Crippen molar-refractivity contribution in [2.75, 3.05) is 38.7 Å². The molecular weight excluding hydrogens is 576 g/mol. The molecule has 44 heavy (non-hydrogen) atoms. The Labute approximate surface area is 249 Å². The number of carbonyl (C=O) groups excluding carboxylic acids is 2. The number of aromatic nitrogens is 1. The molecule has 7 rings (SSSR count). The Balaban J connectivity index is 1.51. The van der Waals surface area contributed by atoms with E-state index in [9.17, 15) is 18.8 Å². The van der Waals surface area contributed by atoms with Crippen LogP contribution in [0.5, 0.6) is 5.75 Å². The SMILES string of the molecule is COC(=O)OCOc1c2n(ccc1=O)N([C@@H]1c3ccccc3-c3ccccc3-c3c1ccc(F)c3F)[C@@H]1COCCN1C2=O. The number of rotatable bonds is 4. The quantitative estimate of drug-likeness (QED) is 0.250. The smallest absolute Gasteiger partial charge is 0.451 e. The zero-order valence-electron chi connectivity index (χ0n) is 23.4. The molecule has 2 aliphatic heterocycles. The van der Waals surface area contributed by atoms with Crippen molar-refractivity contribution in [1.82, 2.24) is 9.58 Å². The molecule has 1 aromatic heterocycles. The Morgan fingerprint density at radius 2 is 1.70 bits per heavy atom. The monoisotopic (exact) mass is 601 g/mol. The summed E-state index contributed by atoms with van der Waals surface area (Å²) in [4.78, 5) is 40.2. The summed E-state index contributed by atoms with van der Waals surface area (Å²) in [7, 11) is 1.12. The average molecular weight is 602 g/mol. The standard InChI is InChI=1S/C32H25F2N3O7/c1-41-32(40)44-17-43-30-24(38)12-13-36-29(30)31(39)35-14-15-42-16-25(35)37(36)28-21-9-5-3-7-19(21)18-6-2-4-8-20(18)26-22(28)10-11-23(33)27(26)34/h2-13,25,28H,14-17H2,1H3/t25-,28-/m1/s1. The van der Waals surface area contributed by atoms with Crippen LogP contribution in [0.15, 0.2) is 77.7 Å². The summed E-state index contributed by atoms with van der Waals surface area (Å²) in [6, 6.07) is 17.8. The van der Waals surface area contributed by atoms with Crippen molar-refractivity contribution in [2.45, 2.75) is 12.2 Å². The van der Waals surface area contributed by atoms with Gasteiger partial charge in [-0.2, -0.15) is 0 Å². The Morgan fingerprint density at radius 3 is 2.50 bits per heavy atom. The van der Waals surface area contributed by atoms with Crippen LogP contribution in [0.2, 0.25) is 0 Å². The molecule has 0 spiro atoms. The van der Waals surface area contributed by atoms with Crippen molar-refractivity contribution in [2.24, 2.45) is 0 Å². The summed E-state index contributed by atoms with van der Waals surface area (Å²) in [5.74, 6) is -2.84. The maximum absolute atomic E-state index is 15.9. The molecule has 1 fully saturated rings. The molecule has 1 amide bonds. The lowest BCUT2D eigenvalue weighted by Gasteiger charge is -2.51. The summed E-state index contributed by atoms with van der Waals surface area (Å²) in [6.07, 6.45) is -0.294. The third-order valence-electron chi connectivity index (χ3n) is 8.13. The number of amides is 1. The summed E-state index contributed by atoms with van der Waals surface area (Å²) < 4.78 is 53.1. The third kappa shape index (κ3) is 4.21. The fourth-order valence-corrected chi connectivity index (χ4v) is 6.29. The van der Waals surface area contributed by atoms with Gasteiger partial charge in [-0.15, -0.1) is 0 Å². The van der Waals surface area contributed by atoms with E-state index in [0.29, 0.717) is 16.7 Å². The zero-order chi connectivity index (χ0) is 30.5. The van der Waals surface area contributed by atoms with Crippen molar-refractivity contribution in [3.63, 3.8) is 0 Å². The first-order valence-electron chi connectivity index (χ1n) is 13.8. The van der Waals surface area contributed by atoms with Crippen molar-refractivity contribution < 1.29 is 37.3 Å². The van der Waals surface area contributed by atoms with Gasteiger partial charge in [0.1, 0.15) is 6.17 Å². The lowest BCUT2D eigenvalue weighted by Crippen LogP contribution is -2.66. The number of hydrogen-bond donors (Lipinski definition) is 0. The highest BCUT2D eigenvalue weighted by atomic mass is 19.2. The van der Waals surface area contributed by atoms with Gasteiger partial charge in [-0.05, 0) is 33.9 Å². The molecule has 2 atom stereocenters. The van der Waals surface area contributed by atoms with Gasteiger partial charge in [0.05, 0.1) is 26.4 Å². The predicted octanol–water partition coefficient (Wildman–Crippen LogP) is 4.43. The molecule has 4 aromatic rings. The predicted molar refractivity (Wildman–Crippen MR) is 153 cm³/mol. The largest absolute Gasteiger partial charge is 0.510 e. The summed E-state index contributed by atoms with van der Waals surface area (Å²) in [5.41, 5.74) is 2.57. The maximum Gasteiger partial charge on any atom is 0.510 e. The van der Waals surface area contributed by atoms with E-state index in [1.807, 2.05) is 41.4 Å². The van der Waals surface area contributed by atoms with E-state index in [1.54, 1.807) is 23.1 Å². The zero-order valence-corrected chi connectivity index (χ0v) is 23.4. The topological polar surface area (TPSA) is 99.5 Å². The van der Waals surface area contributed by atoms with E-state index >= 15 is 4.39 Å². The molecule has 3 heterocycles. The molecule has 224 valence electrons. The van der Waals surface area contributed by atoms with Crippen LogP contribution in [0.1, 0.15) is 27.7 Å². The molecule has 1 saturated heterocycles. The van der Waals surface area contributed by atoms with E-state index in [0.717, 1.165) is 24.3 Å². The fraction of sp³-hybridized carbons (Fsp3) is 0.219. The highest BCUT2D eigenvalue weighted by molar-refractivity contribution is 5.97. The third-order valence-corrected chi connectivity index (χ3v) is 8.13. The van der Waals surface area contributed by atoms with Gasteiger partial charge in [0, 0.05) is 24.4 Å². The molecule has 10 nitrogen and oxygen atoms in total. The van der Waals surface area contributed by atoms with E-state index in [1.165, 1.54) is 16.9 Å². The van der Waals surface area contributed by atoms with Gasteiger partial charge in [-0.3, -0.25) is 19.3 Å². The van der Waals surface area contributed by atoms with Gasteiger partial charge >= 0.3 is 6.16 Å². The number of benzene rings is 3. The second kappa shape index (κ2) is 10.8. The van der Waals surface area contributed by atoms with Crippen LogP contribution in [-0.2, 0) is 14.2 Å². The van der Waals surface area contributed by atoms with E-state index < -0.39 is 48.1 Å². The number of pyridine rings is 1. The second-order valence-corrected chi connectivity index (χ2v) is 10.4. The maximum atomic E-state index is 15.9. The molecule has 0 unspecified atom stereocenters. The van der Waals surface area contributed by atoms with Crippen molar-refractivity contribution in [1.29, 1.82) is 0 Å². The molecule has 0 N–H and O–H groups in total. The molecule has 0 bridgehead atoms. The summed E-state index contributed by atoms with van der Waals surface area (Å²) >= 11 is 0. The Morgan fingerprint density at radius 1 is 0.955 bits per heavy atom. The highest BCUT2D eigenvalue weighted by Gasteiger charge is 2.46. The first-order chi connectivity index (χ1) is 21.4. The van der Waals surface area contributed by atoms with Crippen LogP contribution in [0.3, 0.4) is 0 Å². The molecule has 12 heteroatoms. The van der Waals surface area contributed by atoms with Crippen molar-refractivity contribution in [3.05, 3.63) is 112 Å². The number of methoxy groups -OCH3 is 1. The van der Waals surface area contributed by atoms with Crippen LogP contribution in [0.4, 0.5) is 13.6 Å². The van der Waals surface area contributed by atoms with Crippen LogP contribution in [0.25, 0.3) is 22.3 Å². The number of halogens is 2. The van der Waals surface area contributed by atoms with Crippen LogP contribution in [0, 0.1) is 11.6 Å². The number of morpholine rings is 1. The Bertz CT molecular complexity index is 1880. The molecule has 0 radical (unpaired) electrons. The Hall–Kier alpha value is -5.23. The van der Waals surface area contributed by atoms with E-state index in [-0.39, 0.29) is 36.8 Å². The number of carbonyl (C=O) groups is 2. The van der Waals surface area contributed by atoms with Gasteiger partial charge in [-0.1, -0.05) is 54.6 Å². The normalized spacial score (nSPS) is 18.2. The van der Waals surface area contributed by atoms with Gasteiger partial charge in [0.25, 0.3) is 5.91 Å². The van der Waals surface area contributed by atoms with Crippen LogP contribution >= 0.6 is 0 Å². The van der Waals surface area contributed by atoms with Crippen LogP contribution in [-0.4, -0.2) is 61.5 Å². The number of fused-ring (bicyclic) bond motifs is 7. The number of hydrogen-bond acceptors (Lipinski definition) is 8. The fourth-order valence-electron chi connectivity index (χ4n) is 6.29. The first kappa shape index (κ1) is 27.6. The van der Waals surface area contributed by atoms with Gasteiger partial charge in [0.2, 0.25) is 18.0 Å². The second-order valence-electron chi connectivity index (χ2n) is 10.4. The lowest BCUT2D eigenvalue weighted by molar-refractivity contribution is -0.0208. The molecule has 0 saturated carbocycles. The van der Waals surface area contributed by atoms with E-state index in [4.69, 9.17) is 14.2 Å². The minimum atomic E-state index is -1.03. The van der Waals surface area contributed by atoms with E-state index in [2.05, 4.69) is 4.74 Å². The Kier molecular flexibility index (Phi) is 6.77. The summed E-state index contributed by atoms with van der Waals surface area (Å²) in [5, 5.41) is 1.82. The molecular formula is C32H25F2N3O7. The molecule has 3 aliphatic rings. The first-order valence-corrected chi connectivity index (χ1v) is 13.8. The lowest BCUT2D eigenvalue weighted by atomic mass is 9.91. The van der Waals surface area contributed by atoms with Crippen molar-refractivity contribution in [3.8, 4) is 28.0 Å². The minimum absolute atomic E-state index is 0.0903. The number of ether oxygens (including phenoxy) is 4.